The number of hydrogen-bond donors (Lipinski definition) is 0. The lowest BCUT2D eigenvalue weighted by Crippen LogP contribution is -2.29. The van der Waals surface area contributed by atoms with Gasteiger partial charge in [-0.25, -0.2) is 0 Å². The molecule has 0 fully saturated rings. The van der Waals surface area contributed by atoms with Crippen molar-refractivity contribution >= 4 is 11.6 Å². The van der Waals surface area contributed by atoms with Gasteiger partial charge in [-0.3, -0.25) is 4.90 Å². The summed E-state index contributed by atoms with van der Waals surface area (Å²) in [5, 5.41) is 0. The Hall–Kier alpha value is -0.530. The molecule has 1 aromatic carbocycles. The van der Waals surface area contributed by atoms with Crippen LogP contribution in [0.25, 0.3) is 0 Å². The number of halogens is 1. The molecule has 78 valence electrons. The molecule has 0 aliphatic rings. The number of alkyl halides is 1. The molecule has 0 amide bonds. The average molecular weight is 212 g/mol. The third-order valence-electron chi connectivity index (χ3n) is 2.49. The smallest absolute Gasteiger partial charge is 0.0376 e. The zero-order valence-electron chi connectivity index (χ0n) is 9.13. The monoisotopic (exact) mass is 211 g/mol. The number of rotatable bonds is 4. The van der Waals surface area contributed by atoms with E-state index in [0.29, 0.717) is 11.9 Å². The van der Waals surface area contributed by atoms with Gasteiger partial charge in [0.2, 0.25) is 0 Å². The summed E-state index contributed by atoms with van der Waals surface area (Å²) in [6.45, 7) is 5.23. The van der Waals surface area contributed by atoms with Gasteiger partial charge in [0.1, 0.15) is 0 Å². The minimum atomic E-state index is 0.428. The van der Waals surface area contributed by atoms with Crippen molar-refractivity contribution in [3.05, 3.63) is 35.4 Å². The molecule has 1 nitrogen and oxygen atoms in total. The molecule has 0 aliphatic carbocycles. The van der Waals surface area contributed by atoms with Gasteiger partial charge in [0.15, 0.2) is 0 Å². The number of benzene rings is 1. The second-order valence-electron chi connectivity index (χ2n) is 3.91. The topological polar surface area (TPSA) is 3.24 Å². The summed E-state index contributed by atoms with van der Waals surface area (Å²) in [4.78, 5) is 2.27. The SMILES string of the molecule is Cc1cccc(CN(C)C(C)CCl)c1. The van der Waals surface area contributed by atoms with Crippen LogP contribution in [0.2, 0.25) is 0 Å². The molecule has 1 aromatic rings. The minimum Gasteiger partial charge on any atom is -0.298 e. The number of hydrogen-bond acceptors (Lipinski definition) is 1. The summed E-state index contributed by atoms with van der Waals surface area (Å²) in [5.41, 5.74) is 2.67. The van der Waals surface area contributed by atoms with E-state index < -0.39 is 0 Å². The molecule has 0 spiro atoms. The normalized spacial score (nSPS) is 13.2. The van der Waals surface area contributed by atoms with Crippen LogP contribution in [0.15, 0.2) is 24.3 Å². The molecule has 0 saturated heterocycles. The van der Waals surface area contributed by atoms with Crippen molar-refractivity contribution in [2.24, 2.45) is 0 Å². The lowest BCUT2D eigenvalue weighted by Gasteiger charge is -2.22. The third kappa shape index (κ3) is 3.32. The molecule has 0 N–H and O–H groups in total. The van der Waals surface area contributed by atoms with E-state index in [-0.39, 0.29) is 0 Å². The Kier molecular flexibility index (Phi) is 4.43. The maximum absolute atomic E-state index is 5.80. The highest BCUT2D eigenvalue weighted by molar-refractivity contribution is 6.18. The fraction of sp³-hybridized carbons (Fsp3) is 0.500. The van der Waals surface area contributed by atoms with E-state index in [0.717, 1.165) is 6.54 Å². The van der Waals surface area contributed by atoms with Gasteiger partial charge in [0.25, 0.3) is 0 Å². The second kappa shape index (κ2) is 5.38. The maximum atomic E-state index is 5.80. The largest absolute Gasteiger partial charge is 0.298 e. The first kappa shape index (κ1) is 11.5. The number of nitrogens with zero attached hydrogens (tertiary/aromatic N) is 1. The van der Waals surface area contributed by atoms with Crippen molar-refractivity contribution in [1.82, 2.24) is 4.90 Å². The predicted octanol–water partition coefficient (Wildman–Crippen LogP) is 3.05. The summed E-state index contributed by atoms with van der Waals surface area (Å²) in [6, 6.07) is 9.03. The molecule has 2 heteroatoms. The van der Waals surface area contributed by atoms with Gasteiger partial charge in [0.05, 0.1) is 0 Å². The van der Waals surface area contributed by atoms with Crippen LogP contribution < -0.4 is 0 Å². The van der Waals surface area contributed by atoms with Crippen LogP contribution in [0.3, 0.4) is 0 Å². The standard InChI is InChI=1S/C12H18ClN/c1-10-5-4-6-12(7-10)9-14(3)11(2)8-13/h4-7,11H,8-9H2,1-3H3. The molecular formula is C12H18ClN. The third-order valence-corrected chi connectivity index (χ3v) is 2.94. The maximum Gasteiger partial charge on any atom is 0.0376 e. The lowest BCUT2D eigenvalue weighted by molar-refractivity contribution is 0.268. The van der Waals surface area contributed by atoms with Crippen LogP contribution in [0, 0.1) is 6.92 Å². The van der Waals surface area contributed by atoms with Crippen molar-refractivity contribution in [3.8, 4) is 0 Å². The molecule has 0 saturated carbocycles. The highest BCUT2D eigenvalue weighted by Gasteiger charge is 2.07. The quantitative estimate of drug-likeness (QED) is 0.692. The van der Waals surface area contributed by atoms with Gasteiger partial charge in [0, 0.05) is 18.5 Å². The molecule has 1 atom stereocenters. The Morgan fingerprint density at radius 1 is 1.43 bits per heavy atom. The van der Waals surface area contributed by atoms with Gasteiger partial charge < -0.3 is 0 Å². The molecule has 0 aliphatic heterocycles. The lowest BCUT2D eigenvalue weighted by atomic mass is 10.1. The predicted molar refractivity (Wildman–Crippen MR) is 62.8 cm³/mol. The first-order valence-corrected chi connectivity index (χ1v) is 5.48. The van der Waals surface area contributed by atoms with Crippen molar-refractivity contribution in [1.29, 1.82) is 0 Å². The minimum absolute atomic E-state index is 0.428. The Labute approximate surface area is 91.7 Å². The van der Waals surface area contributed by atoms with Gasteiger partial charge in [-0.05, 0) is 26.5 Å². The van der Waals surface area contributed by atoms with E-state index in [9.17, 15) is 0 Å². The van der Waals surface area contributed by atoms with E-state index in [1.807, 2.05) is 0 Å². The highest BCUT2D eigenvalue weighted by atomic mass is 35.5. The molecule has 0 bridgehead atoms. The zero-order valence-corrected chi connectivity index (χ0v) is 9.88. The fourth-order valence-corrected chi connectivity index (χ4v) is 1.61. The molecule has 1 unspecified atom stereocenters. The molecule has 0 radical (unpaired) electrons. The summed E-state index contributed by atoms with van der Waals surface area (Å²) in [5.74, 6) is 0.683. The van der Waals surface area contributed by atoms with Crippen molar-refractivity contribution in [3.63, 3.8) is 0 Å². The molecule has 1 rings (SSSR count). The van der Waals surface area contributed by atoms with Crippen LogP contribution in [-0.4, -0.2) is 23.9 Å². The van der Waals surface area contributed by atoms with Crippen molar-refractivity contribution < 1.29 is 0 Å². The van der Waals surface area contributed by atoms with Gasteiger partial charge >= 0.3 is 0 Å². The first-order valence-electron chi connectivity index (χ1n) is 4.95. The summed E-state index contributed by atoms with van der Waals surface area (Å²) in [7, 11) is 2.11. The van der Waals surface area contributed by atoms with Gasteiger partial charge in [-0.1, -0.05) is 29.8 Å². The van der Waals surface area contributed by atoms with E-state index >= 15 is 0 Å². The summed E-state index contributed by atoms with van der Waals surface area (Å²) < 4.78 is 0. The highest BCUT2D eigenvalue weighted by Crippen LogP contribution is 2.09. The Bertz CT molecular complexity index is 285. The van der Waals surface area contributed by atoms with Gasteiger partial charge in [-0.15, -0.1) is 11.6 Å². The molecule has 0 aromatic heterocycles. The van der Waals surface area contributed by atoms with E-state index in [2.05, 4.69) is 50.1 Å². The van der Waals surface area contributed by atoms with E-state index in [4.69, 9.17) is 11.6 Å². The second-order valence-corrected chi connectivity index (χ2v) is 4.22. The van der Waals surface area contributed by atoms with E-state index in [1.54, 1.807) is 0 Å². The summed E-state index contributed by atoms with van der Waals surface area (Å²) in [6.07, 6.45) is 0. The van der Waals surface area contributed by atoms with Crippen LogP contribution in [0.5, 0.6) is 0 Å². The molecule has 14 heavy (non-hydrogen) atoms. The average Bonchev–Trinajstić information content (AvgIpc) is 2.16. The van der Waals surface area contributed by atoms with Crippen LogP contribution in [0.4, 0.5) is 0 Å². The van der Waals surface area contributed by atoms with Crippen LogP contribution in [0.1, 0.15) is 18.1 Å². The van der Waals surface area contributed by atoms with Gasteiger partial charge in [-0.2, -0.15) is 0 Å². The Morgan fingerprint density at radius 3 is 2.71 bits per heavy atom. The van der Waals surface area contributed by atoms with Crippen molar-refractivity contribution in [2.45, 2.75) is 26.4 Å². The van der Waals surface area contributed by atoms with Crippen molar-refractivity contribution in [2.75, 3.05) is 12.9 Å². The molecule has 0 heterocycles. The summed E-state index contributed by atoms with van der Waals surface area (Å²) >= 11 is 5.80. The Balaban J connectivity index is 2.60. The Morgan fingerprint density at radius 2 is 2.14 bits per heavy atom. The first-order chi connectivity index (χ1) is 6.63. The van der Waals surface area contributed by atoms with Crippen LogP contribution in [-0.2, 0) is 6.54 Å². The number of aryl methyl sites for hydroxylation is 1. The van der Waals surface area contributed by atoms with Crippen LogP contribution >= 0.6 is 11.6 Å². The molecular weight excluding hydrogens is 194 g/mol. The zero-order chi connectivity index (χ0) is 10.6. The fourth-order valence-electron chi connectivity index (χ4n) is 1.37. The van der Waals surface area contributed by atoms with E-state index in [1.165, 1.54) is 11.1 Å².